The van der Waals surface area contributed by atoms with Crippen LogP contribution in [-0.2, 0) is 4.79 Å². The van der Waals surface area contributed by atoms with E-state index in [0.29, 0.717) is 37.2 Å². The number of nitrogens with zero attached hydrogens (tertiary/aromatic N) is 4. The van der Waals surface area contributed by atoms with Gasteiger partial charge >= 0.3 is 0 Å². The first-order valence-corrected chi connectivity index (χ1v) is 11.8. The molecule has 0 unspecified atom stereocenters. The Balaban J connectivity index is 1.50. The molecule has 12 heteroatoms. The van der Waals surface area contributed by atoms with Gasteiger partial charge in [-0.05, 0) is 37.1 Å². The smallest absolute Gasteiger partial charge is 0.269 e. The minimum atomic E-state index is -0.631. The van der Waals surface area contributed by atoms with Crippen LogP contribution in [0.2, 0.25) is 0 Å². The maximum atomic E-state index is 15.0. The van der Waals surface area contributed by atoms with Crippen LogP contribution in [0.15, 0.2) is 55.5 Å². The van der Waals surface area contributed by atoms with Crippen LogP contribution in [0, 0.1) is 17.1 Å². The lowest BCUT2D eigenvalue weighted by Gasteiger charge is -2.32. The molecule has 2 amide bonds. The van der Waals surface area contributed by atoms with E-state index in [4.69, 9.17) is 15.9 Å². The number of rotatable bonds is 8. The number of ether oxygens (including phenoxy) is 1. The molecule has 1 aliphatic heterocycles. The highest BCUT2D eigenvalue weighted by atomic mass is 19.1. The topological polar surface area (TPSA) is 159 Å². The number of likely N-dealkylation sites (tertiary alicyclic amines) is 1. The molecule has 0 atom stereocenters. The number of carbonyl (C=O) groups is 2. The number of amides is 2. The van der Waals surface area contributed by atoms with Gasteiger partial charge in [-0.1, -0.05) is 6.58 Å². The van der Waals surface area contributed by atoms with Gasteiger partial charge in [-0.25, -0.2) is 14.4 Å². The van der Waals surface area contributed by atoms with Crippen molar-refractivity contribution in [3.05, 3.63) is 72.6 Å². The second kappa shape index (κ2) is 11.5. The fraction of sp³-hybridized carbons (Fsp3) is 0.231. The summed E-state index contributed by atoms with van der Waals surface area (Å²) in [4.78, 5) is 37.6. The van der Waals surface area contributed by atoms with Crippen LogP contribution in [0.25, 0.3) is 0 Å². The van der Waals surface area contributed by atoms with Gasteiger partial charge in [0.05, 0.1) is 11.3 Å². The minimum Gasteiger partial charge on any atom is -0.457 e. The Morgan fingerprint density at radius 1 is 1.18 bits per heavy atom. The number of hydrogen-bond donors (Lipinski definition) is 4. The molecule has 0 saturated carbocycles. The van der Waals surface area contributed by atoms with Gasteiger partial charge in [0, 0.05) is 50.1 Å². The van der Waals surface area contributed by atoms with E-state index in [1.165, 1.54) is 43.8 Å². The summed E-state index contributed by atoms with van der Waals surface area (Å²) in [5.74, 6) is -0.489. The van der Waals surface area contributed by atoms with Crippen molar-refractivity contribution in [3.63, 3.8) is 0 Å². The van der Waals surface area contributed by atoms with E-state index in [-0.39, 0.29) is 52.2 Å². The lowest BCUT2D eigenvalue weighted by atomic mass is 9.88. The van der Waals surface area contributed by atoms with Gasteiger partial charge < -0.3 is 31.4 Å². The molecule has 4 rings (SSSR count). The van der Waals surface area contributed by atoms with Crippen LogP contribution < -0.4 is 21.1 Å². The third kappa shape index (κ3) is 5.75. The molecule has 0 bridgehead atoms. The summed E-state index contributed by atoms with van der Waals surface area (Å²) in [5, 5.41) is 14.2. The van der Waals surface area contributed by atoms with Gasteiger partial charge in [0.2, 0.25) is 5.91 Å². The van der Waals surface area contributed by atoms with E-state index >= 15 is 4.39 Å². The van der Waals surface area contributed by atoms with Crippen molar-refractivity contribution in [2.75, 3.05) is 31.2 Å². The highest BCUT2D eigenvalue weighted by Gasteiger charge is 2.28. The number of nitrogens with one attached hydrogen (secondary N) is 3. The summed E-state index contributed by atoms with van der Waals surface area (Å²) in [6, 6.07) is 7.20. The zero-order valence-corrected chi connectivity index (χ0v) is 20.7. The highest BCUT2D eigenvalue weighted by Crippen LogP contribution is 2.31. The molecule has 2 aromatic heterocycles. The number of hydrogen-bond acceptors (Lipinski definition) is 9. The van der Waals surface area contributed by atoms with E-state index in [0.717, 1.165) is 0 Å². The zero-order valence-electron chi connectivity index (χ0n) is 20.7. The van der Waals surface area contributed by atoms with E-state index in [1.807, 2.05) is 0 Å². The molecule has 1 aromatic carbocycles. The standard InChI is InChI=1S/C26H27FN8O3/c1-3-21(36)35-10-7-15(8-11-35)23(28)22-24(29)32-14-33-25(22)34-19-5-4-16(12-18(19)27)38-17-6-9-31-20(13-17)26(37)30-2/h3-6,9,12-15,28H,1,7-8,10-11H2,2H3,(H,30,37)(H3,29,32,33,34). The van der Waals surface area contributed by atoms with Crippen molar-refractivity contribution in [1.29, 1.82) is 5.41 Å². The molecule has 3 aromatic rings. The first kappa shape index (κ1) is 26.2. The van der Waals surface area contributed by atoms with Crippen LogP contribution >= 0.6 is 0 Å². The molecular formula is C26H27FN8O3. The van der Waals surface area contributed by atoms with Crippen molar-refractivity contribution in [1.82, 2.24) is 25.2 Å². The molecule has 0 aliphatic carbocycles. The number of aromatic nitrogens is 3. The number of anilines is 3. The average molecular weight is 519 g/mol. The summed E-state index contributed by atoms with van der Waals surface area (Å²) in [6.45, 7) is 4.50. The summed E-state index contributed by atoms with van der Waals surface area (Å²) in [5.41, 5.74) is 6.89. The first-order valence-electron chi connectivity index (χ1n) is 11.8. The summed E-state index contributed by atoms with van der Waals surface area (Å²) < 4.78 is 20.7. The molecule has 0 radical (unpaired) electrons. The Kier molecular flexibility index (Phi) is 7.90. The predicted octanol–water partition coefficient (Wildman–Crippen LogP) is 3.28. The number of piperidine rings is 1. The number of nitrogen functional groups attached to an aromatic ring is 1. The second-order valence-electron chi connectivity index (χ2n) is 8.52. The third-order valence-corrected chi connectivity index (χ3v) is 6.16. The van der Waals surface area contributed by atoms with E-state index < -0.39 is 5.82 Å². The van der Waals surface area contributed by atoms with Crippen LogP contribution in [0.1, 0.15) is 28.9 Å². The summed E-state index contributed by atoms with van der Waals surface area (Å²) in [6.07, 6.45) is 5.08. The third-order valence-electron chi connectivity index (χ3n) is 6.16. The molecular weight excluding hydrogens is 491 g/mol. The average Bonchev–Trinajstić information content (AvgIpc) is 2.93. The lowest BCUT2D eigenvalue weighted by Crippen LogP contribution is -2.39. The Bertz CT molecular complexity index is 1390. The quantitative estimate of drug-likeness (QED) is 0.261. The maximum Gasteiger partial charge on any atom is 0.269 e. The molecule has 1 saturated heterocycles. The van der Waals surface area contributed by atoms with Crippen molar-refractivity contribution in [2.24, 2.45) is 5.92 Å². The second-order valence-corrected chi connectivity index (χ2v) is 8.52. The molecule has 1 fully saturated rings. The van der Waals surface area contributed by atoms with Gasteiger partial charge in [0.1, 0.15) is 41.0 Å². The fourth-order valence-electron chi connectivity index (χ4n) is 4.13. The van der Waals surface area contributed by atoms with Gasteiger partial charge in [0.25, 0.3) is 5.91 Å². The van der Waals surface area contributed by atoms with E-state index in [1.54, 1.807) is 17.0 Å². The highest BCUT2D eigenvalue weighted by molar-refractivity contribution is 6.07. The van der Waals surface area contributed by atoms with Gasteiger partial charge in [-0.3, -0.25) is 14.6 Å². The predicted molar refractivity (Wildman–Crippen MR) is 140 cm³/mol. The van der Waals surface area contributed by atoms with Crippen LogP contribution in [0.3, 0.4) is 0 Å². The Morgan fingerprint density at radius 2 is 1.92 bits per heavy atom. The molecule has 3 heterocycles. The Labute approximate surface area is 218 Å². The zero-order chi connectivity index (χ0) is 27.2. The van der Waals surface area contributed by atoms with Gasteiger partial charge in [0.15, 0.2) is 0 Å². The van der Waals surface area contributed by atoms with Gasteiger partial charge in [-0.2, -0.15) is 0 Å². The van der Waals surface area contributed by atoms with Crippen molar-refractivity contribution < 1.29 is 18.7 Å². The monoisotopic (exact) mass is 518 g/mol. The van der Waals surface area contributed by atoms with Crippen molar-refractivity contribution in [2.45, 2.75) is 12.8 Å². The number of halogens is 1. The molecule has 11 nitrogen and oxygen atoms in total. The molecule has 196 valence electrons. The van der Waals surface area contributed by atoms with Gasteiger partial charge in [-0.15, -0.1) is 0 Å². The molecule has 38 heavy (non-hydrogen) atoms. The summed E-state index contributed by atoms with van der Waals surface area (Å²) in [7, 11) is 1.49. The van der Waals surface area contributed by atoms with Crippen LogP contribution in [-0.4, -0.2) is 57.5 Å². The van der Waals surface area contributed by atoms with E-state index in [2.05, 4.69) is 32.2 Å². The molecule has 1 aliphatic rings. The Hall–Kier alpha value is -4.87. The van der Waals surface area contributed by atoms with Crippen molar-refractivity contribution in [3.8, 4) is 11.5 Å². The van der Waals surface area contributed by atoms with Crippen molar-refractivity contribution >= 4 is 34.8 Å². The molecule has 5 N–H and O–H groups in total. The number of nitrogens with two attached hydrogens (primary N) is 1. The fourth-order valence-corrected chi connectivity index (χ4v) is 4.13. The Morgan fingerprint density at radius 3 is 2.61 bits per heavy atom. The first-order chi connectivity index (χ1) is 18.3. The van der Waals surface area contributed by atoms with Crippen LogP contribution in [0.5, 0.6) is 11.5 Å². The number of pyridine rings is 1. The number of benzene rings is 1. The van der Waals surface area contributed by atoms with Crippen LogP contribution in [0.4, 0.5) is 21.7 Å². The summed E-state index contributed by atoms with van der Waals surface area (Å²) >= 11 is 0. The molecule has 0 spiro atoms. The number of carbonyl (C=O) groups excluding carboxylic acids is 2. The minimum absolute atomic E-state index is 0.0941. The largest absolute Gasteiger partial charge is 0.457 e. The normalized spacial score (nSPS) is 13.5. The van der Waals surface area contributed by atoms with E-state index in [9.17, 15) is 9.59 Å². The SMILES string of the molecule is C=CC(=O)N1CCC(C(=N)c2c(N)ncnc2Nc2ccc(Oc3ccnc(C(=O)NC)c3)cc2F)CC1. The lowest BCUT2D eigenvalue weighted by molar-refractivity contribution is -0.127. The maximum absolute atomic E-state index is 15.0.